The summed E-state index contributed by atoms with van der Waals surface area (Å²) in [5.74, 6) is -0.634. The van der Waals surface area contributed by atoms with Gasteiger partial charge in [0.25, 0.3) is 0 Å². The van der Waals surface area contributed by atoms with Crippen LogP contribution in [-0.2, 0) is 9.59 Å². The molecule has 0 saturated heterocycles. The summed E-state index contributed by atoms with van der Waals surface area (Å²) >= 11 is 0. The van der Waals surface area contributed by atoms with Crippen molar-refractivity contribution in [1.29, 1.82) is 0 Å². The highest BCUT2D eigenvalue weighted by molar-refractivity contribution is 5.82. The van der Waals surface area contributed by atoms with Crippen LogP contribution in [0.3, 0.4) is 0 Å². The van der Waals surface area contributed by atoms with E-state index in [-0.39, 0.29) is 29.7 Å². The molecule has 4 heteroatoms. The van der Waals surface area contributed by atoms with Gasteiger partial charge in [-0.1, -0.05) is 13.8 Å². The molecule has 15 heavy (non-hydrogen) atoms. The molecule has 2 N–H and O–H groups in total. The van der Waals surface area contributed by atoms with E-state index in [1.807, 2.05) is 6.92 Å². The van der Waals surface area contributed by atoms with Crippen LogP contribution in [0.4, 0.5) is 0 Å². The second kappa shape index (κ2) is 4.21. The Balaban J connectivity index is 2.24. The fourth-order valence-corrected chi connectivity index (χ4v) is 1.67. The largest absolute Gasteiger partial charge is 0.481 e. The fraction of sp³-hybridized carbons (Fsp3) is 0.818. The molecule has 0 radical (unpaired) electrons. The number of aliphatic carboxylic acids is 1. The van der Waals surface area contributed by atoms with Crippen LogP contribution in [0.25, 0.3) is 0 Å². The number of carbonyl (C=O) groups excluding carboxylic acids is 1. The molecule has 0 heterocycles. The van der Waals surface area contributed by atoms with Crippen LogP contribution in [0.1, 0.15) is 40.0 Å². The average Bonchev–Trinajstić information content (AvgIpc) is 2.72. The van der Waals surface area contributed by atoms with Gasteiger partial charge in [-0.05, 0) is 25.2 Å². The zero-order chi connectivity index (χ0) is 11.6. The minimum atomic E-state index is -0.817. The van der Waals surface area contributed by atoms with Gasteiger partial charge in [-0.25, -0.2) is 0 Å². The molecular formula is C11H19NO3. The lowest BCUT2D eigenvalue weighted by atomic mass is 10.1. The van der Waals surface area contributed by atoms with Gasteiger partial charge >= 0.3 is 5.97 Å². The topological polar surface area (TPSA) is 66.4 Å². The lowest BCUT2D eigenvalue weighted by Gasteiger charge is -2.13. The highest BCUT2D eigenvalue weighted by Crippen LogP contribution is 2.51. The van der Waals surface area contributed by atoms with Crippen LogP contribution in [0.5, 0.6) is 0 Å². The maximum absolute atomic E-state index is 11.6. The maximum Gasteiger partial charge on any atom is 0.303 e. The minimum absolute atomic E-state index is 0.0509. The predicted molar refractivity (Wildman–Crippen MR) is 56.4 cm³/mol. The van der Waals surface area contributed by atoms with Crippen LogP contribution in [0.2, 0.25) is 0 Å². The van der Waals surface area contributed by atoms with E-state index in [1.165, 1.54) is 0 Å². The van der Waals surface area contributed by atoms with E-state index < -0.39 is 5.97 Å². The molecule has 1 aliphatic rings. The fourth-order valence-electron chi connectivity index (χ4n) is 1.67. The quantitative estimate of drug-likeness (QED) is 0.725. The summed E-state index contributed by atoms with van der Waals surface area (Å²) in [7, 11) is 0. The van der Waals surface area contributed by atoms with Crippen LogP contribution in [0, 0.1) is 11.3 Å². The summed E-state index contributed by atoms with van der Waals surface area (Å²) in [6.07, 6.45) is 1.54. The molecule has 2 unspecified atom stereocenters. The molecule has 0 aliphatic heterocycles. The van der Waals surface area contributed by atoms with Crippen LogP contribution in [0.15, 0.2) is 0 Å². The number of nitrogens with one attached hydrogen (secondary N) is 1. The lowest BCUT2D eigenvalue weighted by molar-refractivity contribution is -0.137. The Morgan fingerprint density at radius 1 is 1.53 bits per heavy atom. The van der Waals surface area contributed by atoms with Crippen molar-refractivity contribution in [2.24, 2.45) is 11.3 Å². The smallest absolute Gasteiger partial charge is 0.303 e. The van der Waals surface area contributed by atoms with Gasteiger partial charge < -0.3 is 10.4 Å². The maximum atomic E-state index is 11.6. The molecular weight excluding hydrogens is 194 g/mol. The van der Waals surface area contributed by atoms with Gasteiger partial charge in [-0.15, -0.1) is 0 Å². The second-order valence-corrected chi connectivity index (χ2v) is 5.09. The van der Waals surface area contributed by atoms with Gasteiger partial charge in [0.05, 0.1) is 0 Å². The molecule has 1 saturated carbocycles. The van der Waals surface area contributed by atoms with E-state index in [9.17, 15) is 9.59 Å². The molecule has 86 valence electrons. The van der Waals surface area contributed by atoms with E-state index in [2.05, 4.69) is 19.2 Å². The highest BCUT2D eigenvalue weighted by atomic mass is 16.4. The molecule has 2 atom stereocenters. The highest BCUT2D eigenvalue weighted by Gasteiger charge is 2.50. The molecule has 4 nitrogen and oxygen atoms in total. The predicted octanol–water partition coefficient (Wildman–Crippen LogP) is 1.40. The summed E-state index contributed by atoms with van der Waals surface area (Å²) in [5.41, 5.74) is 0.136. The van der Waals surface area contributed by atoms with Crippen molar-refractivity contribution in [1.82, 2.24) is 5.32 Å². The summed E-state index contributed by atoms with van der Waals surface area (Å²) in [4.78, 5) is 21.9. The van der Waals surface area contributed by atoms with Crippen molar-refractivity contribution < 1.29 is 14.7 Å². The summed E-state index contributed by atoms with van der Waals surface area (Å²) < 4.78 is 0. The Labute approximate surface area is 90.0 Å². The van der Waals surface area contributed by atoms with Crippen LogP contribution in [-0.4, -0.2) is 23.0 Å². The molecule has 0 aromatic heterocycles. The zero-order valence-corrected chi connectivity index (χ0v) is 9.54. The molecule has 1 amide bonds. The number of carbonyl (C=O) groups is 2. The first-order chi connectivity index (χ1) is 6.83. The third kappa shape index (κ3) is 3.53. The van der Waals surface area contributed by atoms with Crippen LogP contribution < -0.4 is 5.32 Å². The molecule has 1 rings (SSSR count). The molecule has 1 fully saturated rings. The van der Waals surface area contributed by atoms with Crippen molar-refractivity contribution in [2.75, 3.05) is 0 Å². The van der Waals surface area contributed by atoms with Crippen molar-refractivity contribution in [3.05, 3.63) is 0 Å². The Kier molecular flexibility index (Phi) is 3.37. The lowest BCUT2D eigenvalue weighted by Crippen LogP contribution is -2.34. The Hall–Kier alpha value is -1.06. The average molecular weight is 213 g/mol. The summed E-state index contributed by atoms with van der Waals surface area (Å²) in [6.45, 7) is 5.98. The first-order valence-electron chi connectivity index (χ1n) is 5.35. The van der Waals surface area contributed by atoms with Gasteiger partial charge in [0, 0.05) is 18.4 Å². The molecule has 0 spiro atoms. The van der Waals surface area contributed by atoms with Crippen molar-refractivity contribution in [3.8, 4) is 0 Å². The molecule has 0 aromatic rings. The Morgan fingerprint density at radius 3 is 2.47 bits per heavy atom. The SMILES string of the molecule is CC(CCC(=O)O)NC(=O)C1CC1(C)C. The standard InChI is InChI=1S/C11H19NO3/c1-7(4-5-9(13)14)12-10(15)8-6-11(8,2)3/h7-8H,4-6H2,1-3H3,(H,12,15)(H,13,14). The van der Waals surface area contributed by atoms with Crippen molar-refractivity contribution in [3.63, 3.8) is 0 Å². The normalized spacial score (nSPS) is 24.3. The third-order valence-corrected chi connectivity index (χ3v) is 3.01. The van der Waals surface area contributed by atoms with Gasteiger partial charge in [0.2, 0.25) is 5.91 Å². The van der Waals surface area contributed by atoms with Gasteiger partial charge in [-0.2, -0.15) is 0 Å². The molecule has 0 aromatic carbocycles. The van der Waals surface area contributed by atoms with Crippen molar-refractivity contribution >= 4 is 11.9 Å². The summed E-state index contributed by atoms with van der Waals surface area (Å²) in [5, 5.41) is 11.3. The van der Waals surface area contributed by atoms with Crippen molar-refractivity contribution in [2.45, 2.75) is 46.1 Å². The third-order valence-electron chi connectivity index (χ3n) is 3.01. The van der Waals surface area contributed by atoms with E-state index >= 15 is 0 Å². The number of carboxylic acids is 1. The van der Waals surface area contributed by atoms with Crippen LogP contribution >= 0.6 is 0 Å². The van der Waals surface area contributed by atoms with Gasteiger partial charge in [-0.3, -0.25) is 9.59 Å². The first-order valence-corrected chi connectivity index (χ1v) is 5.35. The van der Waals surface area contributed by atoms with E-state index in [0.29, 0.717) is 6.42 Å². The number of hydrogen-bond acceptors (Lipinski definition) is 2. The van der Waals surface area contributed by atoms with E-state index in [0.717, 1.165) is 6.42 Å². The van der Waals surface area contributed by atoms with Gasteiger partial charge in [0.15, 0.2) is 0 Å². The second-order valence-electron chi connectivity index (χ2n) is 5.09. The minimum Gasteiger partial charge on any atom is -0.481 e. The first kappa shape index (κ1) is 12.0. The molecule has 0 bridgehead atoms. The van der Waals surface area contributed by atoms with E-state index in [1.54, 1.807) is 0 Å². The van der Waals surface area contributed by atoms with E-state index in [4.69, 9.17) is 5.11 Å². The number of amides is 1. The van der Waals surface area contributed by atoms with Gasteiger partial charge in [0.1, 0.15) is 0 Å². The number of hydrogen-bond donors (Lipinski definition) is 2. The number of carboxylic acid groups (broad SMARTS) is 1. The monoisotopic (exact) mass is 213 g/mol. The number of rotatable bonds is 5. The zero-order valence-electron chi connectivity index (χ0n) is 9.54. The Bertz CT molecular complexity index is 273. The Morgan fingerprint density at radius 2 is 2.07 bits per heavy atom. The summed E-state index contributed by atoms with van der Waals surface area (Å²) in [6, 6.07) is -0.0509. The molecule has 1 aliphatic carbocycles.